The molecule has 0 amide bonds. The van der Waals surface area contributed by atoms with E-state index in [9.17, 15) is 13.2 Å². The van der Waals surface area contributed by atoms with Crippen LogP contribution in [0.2, 0.25) is 5.02 Å². The molecule has 0 aromatic heterocycles. The quantitative estimate of drug-likeness (QED) is 0.619. The van der Waals surface area contributed by atoms with Crippen LogP contribution in [0.5, 0.6) is 5.75 Å². The van der Waals surface area contributed by atoms with Crippen LogP contribution in [-0.4, -0.2) is 38.9 Å². The normalized spacial score (nSPS) is 11.4. The zero-order valence-corrected chi connectivity index (χ0v) is 17.0. The number of methoxy groups -OCH3 is 1. The molecule has 0 aliphatic carbocycles. The van der Waals surface area contributed by atoms with Gasteiger partial charge in [-0.3, -0.25) is 0 Å². The fourth-order valence-electron chi connectivity index (χ4n) is 2.52. The number of ether oxygens (including phenoxy) is 2. The van der Waals surface area contributed by atoms with E-state index in [-0.39, 0.29) is 22.1 Å². The molecule has 0 unspecified atom stereocenters. The Balaban J connectivity index is 2.23. The third-order valence-electron chi connectivity index (χ3n) is 4.01. The molecule has 0 aliphatic rings. The summed E-state index contributed by atoms with van der Waals surface area (Å²) in [6.07, 6.45) is 0. The van der Waals surface area contributed by atoms with Gasteiger partial charge in [0.1, 0.15) is 12.4 Å². The number of sulfonamides is 1. The number of halogens is 1. The van der Waals surface area contributed by atoms with Crippen molar-refractivity contribution in [1.82, 2.24) is 4.31 Å². The van der Waals surface area contributed by atoms with Crippen molar-refractivity contribution in [3.8, 4) is 5.75 Å². The summed E-state index contributed by atoms with van der Waals surface area (Å²) in [5.74, 6) is -0.0479. The van der Waals surface area contributed by atoms with Gasteiger partial charge < -0.3 is 9.47 Å². The minimum absolute atomic E-state index is 0.00364. The van der Waals surface area contributed by atoms with E-state index < -0.39 is 16.0 Å². The molecule has 2 aromatic carbocycles. The Bertz CT molecular complexity index is 910. The Morgan fingerprint density at radius 2 is 1.81 bits per heavy atom. The van der Waals surface area contributed by atoms with Gasteiger partial charge in [-0.05, 0) is 35.9 Å². The molecule has 8 heteroatoms. The molecule has 0 bridgehead atoms. The van der Waals surface area contributed by atoms with Gasteiger partial charge in [-0.15, -0.1) is 0 Å². The monoisotopic (exact) mass is 411 g/mol. The molecule has 2 rings (SSSR count). The molecule has 27 heavy (non-hydrogen) atoms. The maximum Gasteiger partial charge on any atom is 0.340 e. The van der Waals surface area contributed by atoms with Crippen LogP contribution in [0, 0.1) is 0 Å². The second kappa shape index (κ2) is 9.21. The first-order valence-electron chi connectivity index (χ1n) is 8.43. The molecule has 6 nitrogen and oxygen atoms in total. The number of carbonyl (C=O) groups is 1. The lowest BCUT2D eigenvalue weighted by molar-refractivity contribution is 0.0472. The van der Waals surface area contributed by atoms with Crippen LogP contribution in [0.4, 0.5) is 0 Å². The Kier molecular flexibility index (Phi) is 7.24. The summed E-state index contributed by atoms with van der Waals surface area (Å²) in [5.41, 5.74) is 0.749. The first-order valence-corrected chi connectivity index (χ1v) is 10.2. The van der Waals surface area contributed by atoms with E-state index in [1.807, 2.05) is 0 Å². The molecule has 2 aromatic rings. The number of benzene rings is 2. The Hall–Kier alpha value is -2.09. The zero-order valence-electron chi connectivity index (χ0n) is 15.4. The van der Waals surface area contributed by atoms with Gasteiger partial charge in [0.2, 0.25) is 10.0 Å². The van der Waals surface area contributed by atoms with Crippen LogP contribution < -0.4 is 4.74 Å². The molecule has 0 N–H and O–H groups in total. The van der Waals surface area contributed by atoms with Crippen LogP contribution >= 0.6 is 11.6 Å². The fraction of sp³-hybridized carbons (Fsp3) is 0.316. The molecular formula is C19H22ClNO5S. The summed E-state index contributed by atoms with van der Waals surface area (Å²) in [6, 6.07) is 11.1. The highest BCUT2D eigenvalue weighted by Crippen LogP contribution is 2.24. The number of nitrogens with zero attached hydrogens (tertiary/aromatic N) is 1. The second-order valence-corrected chi connectivity index (χ2v) is 8.00. The van der Waals surface area contributed by atoms with Gasteiger partial charge in [0.05, 0.1) is 22.6 Å². The molecule has 0 heterocycles. The van der Waals surface area contributed by atoms with Crippen molar-refractivity contribution >= 4 is 27.6 Å². The van der Waals surface area contributed by atoms with Gasteiger partial charge >= 0.3 is 5.97 Å². The number of rotatable bonds is 8. The topological polar surface area (TPSA) is 72.9 Å². The smallest absolute Gasteiger partial charge is 0.340 e. The van der Waals surface area contributed by atoms with E-state index in [0.29, 0.717) is 18.8 Å². The van der Waals surface area contributed by atoms with Gasteiger partial charge in [0.15, 0.2) is 0 Å². The minimum Gasteiger partial charge on any atom is -0.497 e. The summed E-state index contributed by atoms with van der Waals surface area (Å²) < 4.78 is 37.0. The first kappa shape index (κ1) is 21.2. The van der Waals surface area contributed by atoms with E-state index in [4.69, 9.17) is 21.1 Å². The number of hydrogen-bond donors (Lipinski definition) is 0. The van der Waals surface area contributed by atoms with Crippen molar-refractivity contribution in [3.63, 3.8) is 0 Å². The first-order chi connectivity index (χ1) is 12.8. The van der Waals surface area contributed by atoms with Gasteiger partial charge in [0, 0.05) is 13.1 Å². The van der Waals surface area contributed by atoms with E-state index in [1.165, 1.54) is 22.5 Å². The SMILES string of the molecule is CCN(CC)S(=O)(=O)c1ccc(Cl)c(C(=O)OCc2cccc(OC)c2)c1. The maximum atomic E-state index is 12.6. The van der Waals surface area contributed by atoms with Crippen molar-refractivity contribution in [3.05, 3.63) is 58.6 Å². The van der Waals surface area contributed by atoms with Crippen molar-refractivity contribution in [2.45, 2.75) is 25.3 Å². The maximum absolute atomic E-state index is 12.6. The fourth-order valence-corrected chi connectivity index (χ4v) is 4.20. The summed E-state index contributed by atoms with van der Waals surface area (Å²) in [4.78, 5) is 12.4. The molecule has 0 atom stereocenters. The highest BCUT2D eigenvalue weighted by atomic mass is 35.5. The predicted molar refractivity (Wildman–Crippen MR) is 104 cm³/mol. The highest BCUT2D eigenvalue weighted by Gasteiger charge is 2.24. The van der Waals surface area contributed by atoms with E-state index in [2.05, 4.69) is 0 Å². The largest absolute Gasteiger partial charge is 0.497 e. The lowest BCUT2D eigenvalue weighted by Crippen LogP contribution is -2.30. The van der Waals surface area contributed by atoms with Gasteiger partial charge in [0.25, 0.3) is 0 Å². The van der Waals surface area contributed by atoms with E-state index in [0.717, 1.165) is 5.56 Å². The third-order valence-corrected chi connectivity index (χ3v) is 6.38. The second-order valence-electron chi connectivity index (χ2n) is 5.66. The van der Waals surface area contributed by atoms with Crippen molar-refractivity contribution in [1.29, 1.82) is 0 Å². The average molecular weight is 412 g/mol. The number of carbonyl (C=O) groups excluding carboxylic acids is 1. The molecule has 0 aliphatic heterocycles. The van der Waals surface area contributed by atoms with Crippen LogP contribution in [0.25, 0.3) is 0 Å². The number of esters is 1. The Morgan fingerprint density at radius 3 is 2.44 bits per heavy atom. The minimum atomic E-state index is -3.70. The van der Waals surface area contributed by atoms with Crippen LogP contribution in [-0.2, 0) is 21.4 Å². The van der Waals surface area contributed by atoms with Crippen molar-refractivity contribution < 1.29 is 22.7 Å². The summed E-state index contributed by atoms with van der Waals surface area (Å²) in [5, 5.41) is 0.129. The van der Waals surface area contributed by atoms with Crippen LogP contribution in [0.3, 0.4) is 0 Å². The lowest BCUT2D eigenvalue weighted by atomic mass is 10.2. The van der Waals surface area contributed by atoms with Crippen LogP contribution in [0.1, 0.15) is 29.8 Å². The van der Waals surface area contributed by atoms with E-state index in [1.54, 1.807) is 45.2 Å². The molecule has 0 saturated heterocycles. The highest BCUT2D eigenvalue weighted by molar-refractivity contribution is 7.89. The molecule has 0 saturated carbocycles. The summed E-state index contributed by atoms with van der Waals surface area (Å²) in [7, 11) is -2.15. The number of hydrogen-bond acceptors (Lipinski definition) is 5. The Labute approximate surface area is 164 Å². The summed E-state index contributed by atoms with van der Waals surface area (Å²) >= 11 is 6.09. The standard InChI is InChI=1S/C19H22ClNO5S/c1-4-21(5-2)27(23,24)16-9-10-18(20)17(12-16)19(22)26-13-14-7-6-8-15(11-14)25-3/h6-12H,4-5,13H2,1-3H3. The molecular weight excluding hydrogens is 390 g/mol. The average Bonchev–Trinajstić information content (AvgIpc) is 2.67. The van der Waals surface area contributed by atoms with E-state index >= 15 is 0 Å². The van der Waals surface area contributed by atoms with Gasteiger partial charge in [-0.25, -0.2) is 13.2 Å². The van der Waals surface area contributed by atoms with Gasteiger partial charge in [-0.1, -0.05) is 37.6 Å². The molecule has 0 spiro atoms. The predicted octanol–water partition coefficient (Wildman–Crippen LogP) is 3.74. The Morgan fingerprint density at radius 1 is 1.11 bits per heavy atom. The molecule has 146 valence electrons. The lowest BCUT2D eigenvalue weighted by Gasteiger charge is -2.19. The summed E-state index contributed by atoms with van der Waals surface area (Å²) in [6.45, 7) is 4.17. The molecule has 0 radical (unpaired) electrons. The zero-order chi connectivity index (χ0) is 20.0. The van der Waals surface area contributed by atoms with Crippen molar-refractivity contribution in [2.24, 2.45) is 0 Å². The van der Waals surface area contributed by atoms with Crippen molar-refractivity contribution in [2.75, 3.05) is 20.2 Å². The molecule has 0 fully saturated rings. The van der Waals surface area contributed by atoms with Crippen LogP contribution in [0.15, 0.2) is 47.4 Å². The third kappa shape index (κ3) is 5.00. The van der Waals surface area contributed by atoms with Gasteiger partial charge in [-0.2, -0.15) is 4.31 Å².